The minimum atomic E-state index is -0.983. The molecule has 0 amide bonds. The van der Waals surface area contributed by atoms with Gasteiger partial charge in [0.2, 0.25) is 0 Å². The molecule has 108 valence electrons. The van der Waals surface area contributed by atoms with Gasteiger partial charge in [-0.25, -0.2) is 0 Å². The summed E-state index contributed by atoms with van der Waals surface area (Å²) in [5.74, 6) is -1.97. The Kier molecular flexibility index (Phi) is 5.14. The predicted molar refractivity (Wildman–Crippen MR) is 79.4 cm³/mol. The van der Waals surface area contributed by atoms with E-state index in [0.29, 0.717) is 11.1 Å². The molecule has 0 bridgehead atoms. The second-order valence-corrected chi connectivity index (χ2v) is 6.94. The van der Waals surface area contributed by atoms with Crippen molar-refractivity contribution in [3.63, 3.8) is 0 Å². The van der Waals surface area contributed by atoms with Crippen molar-refractivity contribution in [2.45, 2.75) is 9.63 Å². The van der Waals surface area contributed by atoms with Crippen molar-refractivity contribution >= 4 is 26.9 Å². The van der Waals surface area contributed by atoms with Gasteiger partial charge in [-0.05, 0) is 0 Å². The molecule has 4 nitrogen and oxygen atoms in total. The van der Waals surface area contributed by atoms with Crippen LogP contribution in [-0.4, -0.2) is 37.1 Å². The number of hydrogen-bond donors (Lipinski definition) is 2. The summed E-state index contributed by atoms with van der Waals surface area (Å²) in [6, 6.07) is 17.6. The van der Waals surface area contributed by atoms with Crippen LogP contribution in [0.3, 0.4) is 0 Å². The third-order valence-electron chi connectivity index (χ3n) is 2.93. The first kappa shape index (κ1) is 15.3. The molecule has 0 fully saturated rings. The number of carboxylic acid groups (broad SMARTS) is 2. The zero-order valence-corrected chi connectivity index (χ0v) is 12.8. The molecule has 2 unspecified atom stereocenters. The van der Waals surface area contributed by atoms with Gasteiger partial charge in [0.1, 0.15) is 0 Å². The Labute approximate surface area is 128 Å². The molecule has 2 aromatic rings. The van der Waals surface area contributed by atoms with E-state index < -0.39 is 36.5 Å². The van der Waals surface area contributed by atoms with Crippen LogP contribution in [-0.2, 0) is 9.59 Å². The Balaban J connectivity index is 2.30. The zero-order chi connectivity index (χ0) is 15.2. The van der Waals surface area contributed by atoms with Gasteiger partial charge >= 0.3 is 128 Å². The molecule has 0 saturated heterocycles. The number of aliphatic carboxylic acids is 2. The standard InChI is InChI=1S/C16H14O4Se/c17-15(18)13(11-7-3-1-4-8-11)21-14(16(19)20)12-9-5-2-6-10-12/h1-10,13-14H,(H,17,18)(H,19,20). The molecule has 0 aliphatic carbocycles. The molecule has 0 aliphatic heterocycles. The number of rotatable bonds is 6. The van der Waals surface area contributed by atoms with Gasteiger partial charge in [0.25, 0.3) is 0 Å². The molecule has 0 aliphatic rings. The summed E-state index contributed by atoms with van der Waals surface area (Å²) < 4.78 is 0. The van der Waals surface area contributed by atoms with Crippen molar-refractivity contribution < 1.29 is 19.8 Å². The fraction of sp³-hybridized carbons (Fsp3) is 0.125. The van der Waals surface area contributed by atoms with Crippen LogP contribution in [0, 0.1) is 0 Å². The Morgan fingerprint density at radius 1 is 0.714 bits per heavy atom. The first-order chi connectivity index (χ1) is 10.1. The van der Waals surface area contributed by atoms with E-state index in [1.54, 1.807) is 60.7 Å². The average molecular weight is 349 g/mol. The van der Waals surface area contributed by atoms with Crippen LogP contribution in [0.2, 0.25) is 0 Å². The van der Waals surface area contributed by atoms with E-state index in [1.807, 2.05) is 0 Å². The molecule has 0 radical (unpaired) electrons. The monoisotopic (exact) mass is 350 g/mol. The first-order valence-electron chi connectivity index (χ1n) is 6.30. The number of hydrogen-bond acceptors (Lipinski definition) is 2. The summed E-state index contributed by atoms with van der Waals surface area (Å²) in [6.07, 6.45) is 0. The predicted octanol–water partition coefficient (Wildman–Crippen LogP) is 2.34. The van der Waals surface area contributed by atoms with E-state index >= 15 is 0 Å². The van der Waals surface area contributed by atoms with Gasteiger partial charge in [0.15, 0.2) is 0 Å². The first-order valence-corrected chi connectivity index (χ1v) is 8.28. The number of carbonyl (C=O) groups is 2. The summed E-state index contributed by atoms with van der Waals surface area (Å²) in [5.41, 5.74) is 1.29. The molecule has 0 aromatic heterocycles. The summed E-state index contributed by atoms with van der Waals surface area (Å²) in [4.78, 5) is 21.5. The van der Waals surface area contributed by atoms with Crippen LogP contribution in [0.15, 0.2) is 60.7 Å². The SMILES string of the molecule is O=C(O)C([Se]C(C(=O)O)c1ccccc1)c1ccccc1. The Hall–Kier alpha value is -2.10. The summed E-state index contributed by atoms with van der Waals surface area (Å²) in [5, 5.41) is 18.9. The fourth-order valence-corrected chi connectivity index (χ4v) is 4.33. The van der Waals surface area contributed by atoms with Gasteiger partial charge < -0.3 is 0 Å². The van der Waals surface area contributed by atoms with Gasteiger partial charge in [-0.2, -0.15) is 0 Å². The fourth-order valence-electron chi connectivity index (χ4n) is 1.95. The van der Waals surface area contributed by atoms with Gasteiger partial charge in [-0.15, -0.1) is 0 Å². The van der Waals surface area contributed by atoms with Crippen molar-refractivity contribution in [3.05, 3.63) is 71.8 Å². The van der Waals surface area contributed by atoms with E-state index in [0.717, 1.165) is 0 Å². The molecular weight excluding hydrogens is 335 g/mol. The number of carboxylic acids is 2. The van der Waals surface area contributed by atoms with E-state index in [1.165, 1.54) is 0 Å². The third-order valence-corrected chi connectivity index (χ3v) is 6.06. The van der Waals surface area contributed by atoms with Crippen LogP contribution in [0.4, 0.5) is 0 Å². The van der Waals surface area contributed by atoms with Crippen molar-refractivity contribution in [1.29, 1.82) is 0 Å². The van der Waals surface area contributed by atoms with Crippen LogP contribution in [0.1, 0.15) is 20.8 Å². The Bertz CT molecular complexity index is 557. The third kappa shape index (κ3) is 3.94. The second-order valence-electron chi connectivity index (χ2n) is 4.39. The molecule has 0 heterocycles. The maximum absolute atomic E-state index is 11.5. The topological polar surface area (TPSA) is 74.6 Å². The van der Waals surface area contributed by atoms with Crippen LogP contribution < -0.4 is 0 Å². The van der Waals surface area contributed by atoms with E-state index in [-0.39, 0.29) is 0 Å². The second kappa shape index (κ2) is 7.06. The molecule has 2 atom stereocenters. The van der Waals surface area contributed by atoms with Crippen molar-refractivity contribution in [3.8, 4) is 0 Å². The van der Waals surface area contributed by atoms with Gasteiger partial charge in [-0.1, -0.05) is 0 Å². The summed E-state index contributed by atoms with van der Waals surface area (Å²) in [6.45, 7) is 0. The quantitative estimate of drug-likeness (QED) is 0.785. The molecule has 0 spiro atoms. The van der Waals surface area contributed by atoms with Crippen LogP contribution >= 0.6 is 0 Å². The van der Waals surface area contributed by atoms with Crippen LogP contribution in [0.5, 0.6) is 0 Å². The minimum absolute atomic E-state index is 0.639. The number of benzene rings is 2. The Morgan fingerprint density at radius 3 is 1.33 bits per heavy atom. The summed E-state index contributed by atoms with van der Waals surface area (Å²) in [7, 11) is 0. The Morgan fingerprint density at radius 2 is 1.05 bits per heavy atom. The van der Waals surface area contributed by atoms with E-state index in [9.17, 15) is 19.8 Å². The molecular formula is C16H14O4Se. The average Bonchev–Trinajstić information content (AvgIpc) is 2.49. The van der Waals surface area contributed by atoms with E-state index in [4.69, 9.17) is 0 Å². The van der Waals surface area contributed by atoms with Crippen LogP contribution in [0.25, 0.3) is 0 Å². The molecule has 0 saturated carbocycles. The molecule has 21 heavy (non-hydrogen) atoms. The molecule has 5 heteroatoms. The van der Waals surface area contributed by atoms with Crippen molar-refractivity contribution in [1.82, 2.24) is 0 Å². The normalized spacial score (nSPS) is 13.3. The molecule has 2 rings (SSSR count). The van der Waals surface area contributed by atoms with Crippen molar-refractivity contribution in [2.24, 2.45) is 0 Å². The molecule has 2 aromatic carbocycles. The van der Waals surface area contributed by atoms with Gasteiger partial charge in [-0.3, -0.25) is 0 Å². The molecule has 2 N–H and O–H groups in total. The summed E-state index contributed by atoms with van der Waals surface area (Å²) >= 11 is -0.639. The maximum atomic E-state index is 11.5. The van der Waals surface area contributed by atoms with Gasteiger partial charge in [0, 0.05) is 0 Å². The van der Waals surface area contributed by atoms with Crippen molar-refractivity contribution in [2.75, 3.05) is 0 Å². The van der Waals surface area contributed by atoms with Gasteiger partial charge in [0.05, 0.1) is 0 Å². The zero-order valence-electron chi connectivity index (χ0n) is 11.0. The van der Waals surface area contributed by atoms with E-state index in [2.05, 4.69) is 0 Å².